The first-order valence-electron chi connectivity index (χ1n) is 11.5. The van der Waals surface area contributed by atoms with Crippen LogP contribution >= 0.6 is 11.8 Å². The van der Waals surface area contributed by atoms with Crippen LogP contribution in [-0.2, 0) is 4.79 Å². The zero-order valence-electron chi connectivity index (χ0n) is 21.0. The van der Waals surface area contributed by atoms with E-state index in [4.69, 9.17) is 18.9 Å². The van der Waals surface area contributed by atoms with Gasteiger partial charge in [-0.15, -0.1) is 10.2 Å². The molecule has 1 atom stereocenters. The molecule has 0 aliphatic heterocycles. The zero-order valence-corrected chi connectivity index (χ0v) is 21.8. The van der Waals surface area contributed by atoms with Crippen molar-refractivity contribution in [3.63, 3.8) is 0 Å². The molecular weight excluding hydrogens is 492 g/mol. The fraction of sp³-hybridized carbons (Fsp3) is 0.222. The van der Waals surface area contributed by atoms with Crippen molar-refractivity contribution in [1.82, 2.24) is 14.8 Å². The Balaban J connectivity index is 1.53. The van der Waals surface area contributed by atoms with E-state index >= 15 is 0 Å². The van der Waals surface area contributed by atoms with E-state index in [0.29, 0.717) is 39.7 Å². The van der Waals surface area contributed by atoms with Crippen LogP contribution in [0.3, 0.4) is 0 Å². The minimum Gasteiger partial charge on any atom is -0.497 e. The summed E-state index contributed by atoms with van der Waals surface area (Å²) in [5, 5.41) is 12.2. The average molecular weight is 521 g/mol. The number of ether oxygens (including phenoxy) is 4. The van der Waals surface area contributed by atoms with Crippen LogP contribution in [0.1, 0.15) is 18.9 Å². The summed E-state index contributed by atoms with van der Waals surface area (Å²) < 4.78 is 23.9. The third-order valence-electron chi connectivity index (χ3n) is 5.41. The summed E-state index contributed by atoms with van der Waals surface area (Å²) in [5.41, 5.74) is 1.42. The van der Waals surface area contributed by atoms with Crippen LogP contribution in [0, 0.1) is 0 Å². The maximum Gasteiger partial charge on any atom is 0.234 e. The fourth-order valence-corrected chi connectivity index (χ4v) is 4.37. The molecule has 0 bridgehead atoms. The number of rotatable bonds is 11. The first-order chi connectivity index (χ1) is 18.0. The Kier molecular flexibility index (Phi) is 8.52. The summed E-state index contributed by atoms with van der Waals surface area (Å²) in [6.45, 7) is 1.90. The number of carbonyl (C=O) groups excluding carboxylic acids is 1. The molecule has 3 aromatic carbocycles. The van der Waals surface area contributed by atoms with Gasteiger partial charge in [0.05, 0.1) is 32.8 Å². The maximum absolute atomic E-state index is 12.8. The Hall–Kier alpha value is -4.18. The molecule has 0 radical (unpaired) electrons. The lowest BCUT2D eigenvalue weighted by Crippen LogP contribution is -2.16. The molecule has 1 heterocycles. The van der Waals surface area contributed by atoms with Crippen molar-refractivity contribution in [2.75, 3.05) is 32.4 Å². The second-order valence-electron chi connectivity index (χ2n) is 7.85. The molecule has 4 aromatic rings. The predicted molar refractivity (Wildman–Crippen MR) is 142 cm³/mol. The van der Waals surface area contributed by atoms with Gasteiger partial charge in [0.2, 0.25) is 5.91 Å². The lowest BCUT2D eigenvalue weighted by atomic mass is 10.2. The highest BCUT2D eigenvalue weighted by atomic mass is 32.2. The fourth-order valence-electron chi connectivity index (χ4n) is 3.61. The first-order valence-corrected chi connectivity index (χ1v) is 12.5. The van der Waals surface area contributed by atoms with E-state index in [1.807, 2.05) is 66.1 Å². The van der Waals surface area contributed by atoms with E-state index in [9.17, 15) is 4.79 Å². The Morgan fingerprint density at radius 2 is 1.62 bits per heavy atom. The van der Waals surface area contributed by atoms with Crippen molar-refractivity contribution < 1.29 is 23.7 Å². The lowest BCUT2D eigenvalue weighted by Gasteiger charge is -2.17. The number of anilines is 1. The Morgan fingerprint density at radius 1 is 0.892 bits per heavy atom. The minimum atomic E-state index is -0.424. The zero-order chi connectivity index (χ0) is 26.2. The van der Waals surface area contributed by atoms with E-state index in [-0.39, 0.29) is 11.7 Å². The van der Waals surface area contributed by atoms with Crippen LogP contribution in [0.4, 0.5) is 5.69 Å². The molecule has 0 spiro atoms. The van der Waals surface area contributed by atoms with E-state index in [1.165, 1.54) is 18.9 Å². The number of benzene rings is 3. The normalized spacial score (nSPS) is 11.5. The highest BCUT2D eigenvalue weighted by molar-refractivity contribution is 7.99. The van der Waals surface area contributed by atoms with Gasteiger partial charge in [-0.25, -0.2) is 0 Å². The van der Waals surface area contributed by atoms with Gasteiger partial charge in [0.25, 0.3) is 0 Å². The minimum absolute atomic E-state index is 0.116. The van der Waals surface area contributed by atoms with Gasteiger partial charge >= 0.3 is 0 Å². The number of hydrogen-bond donors (Lipinski definition) is 1. The lowest BCUT2D eigenvalue weighted by molar-refractivity contribution is -0.113. The molecule has 0 aliphatic rings. The second-order valence-corrected chi connectivity index (χ2v) is 8.80. The van der Waals surface area contributed by atoms with E-state index < -0.39 is 6.10 Å². The number of carbonyl (C=O) groups is 1. The highest BCUT2D eigenvalue weighted by Gasteiger charge is 2.22. The molecule has 4 rings (SSSR count). The topological polar surface area (TPSA) is 96.7 Å². The van der Waals surface area contributed by atoms with E-state index in [1.54, 1.807) is 32.4 Å². The van der Waals surface area contributed by atoms with Crippen LogP contribution in [-0.4, -0.2) is 47.8 Å². The monoisotopic (exact) mass is 520 g/mol. The average Bonchev–Trinajstić information content (AvgIpc) is 3.37. The van der Waals surface area contributed by atoms with E-state index in [0.717, 1.165) is 5.69 Å². The van der Waals surface area contributed by atoms with Crippen LogP contribution in [0.25, 0.3) is 5.69 Å². The smallest absolute Gasteiger partial charge is 0.234 e. The predicted octanol–water partition coefficient (Wildman–Crippen LogP) is 5.16. The van der Waals surface area contributed by atoms with Gasteiger partial charge in [-0.1, -0.05) is 36.0 Å². The Bertz CT molecular complexity index is 1350. The number of aromatic nitrogens is 3. The van der Waals surface area contributed by atoms with Crippen LogP contribution < -0.4 is 24.3 Å². The molecule has 1 unspecified atom stereocenters. The van der Waals surface area contributed by atoms with Gasteiger partial charge in [-0.2, -0.15) is 0 Å². The number of amides is 1. The number of nitrogens with zero attached hydrogens (tertiary/aromatic N) is 3. The molecule has 0 saturated carbocycles. The summed E-state index contributed by atoms with van der Waals surface area (Å²) in [4.78, 5) is 12.8. The largest absolute Gasteiger partial charge is 0.497 e. The van der Waals surface area contributed by atoms with Crippen molar-refractivity contribution in [3.05, 3.63) is 78.6 Å². The highest BCUT2D eigenvalue weighted by Crippen LogP contribution is 2.31. The molecule has 1 aromatic heterocycles. The van der Waals surface area contributed by atoms with Crippen molar-refractivity contribution in [3.8, 4) is 28.7 Å². The Labute approximate surface area is 219 Å². The molecule has 192 valence electrons. The maximum atomic E-state index is 12.8. The number of para-hydroxylation sites is 1. The summed E-state index contributed by atoms with van der Waals surface area (Å²) in [6, 6.07) is 22.3. The molecule has 1 N–H and O–H groups in total. The summed E-state index contributed by atoms with van der Waals surface area (Å²) in [5.74, 6) is 3.01. The standard InChI is InChI=1S/C27H28N4O5S/c1-18(36-22-12-8-11-20(15-22)33-2)26-29-30-27(31(26)19-9-6-5-7-10-19)37-17-25(32)28-23-14-13-21(34-3)16-24(23)35-4/h5-16,18H,17H2,1-4H3,(H,28,32). The molecular formula is C27H28N4O5S. The van der Waals surface area contributed by atoms with Crippen LogP contribution in [0.5, 0.6) is 23.0 Å². The van der Waals surface area contributed by atoms with Gasteiger partial charge in [-0.3, -0.25) is 9.36 Å². The number of thioether (sulfide) groups is 1. The van der Waals surface area contributed by atoms with Crippen molar-refractivity contribution in [2.24, 2.45) is 0 Å². The summed E-state index contributed by atoms with van der Waals surface area (Å²) in [6.07, 6.45) is -0.424. The molecule has 10 heteroatoms. The van der Waals surface area contributed by atoms with Gasteiger partial charge in [0.1, 0.15) is 23.0 Å². The van der Waals surface area contributed by atoms with Crippen molar-refractivity contribution >= 4 is 23.4 Å². The van der Waals surface area contributed by atoms with E-state index in [2.05, 4.69) is 15.5 Å². The Morgan fingerprint density at radius 3 is 2.35 bits per heavy atom. The van der Waals surface area contributed by atoms with Gasteiger partial charge < -0.3 is 24.3 Å². The number of nitrogens with one attached hydrogen (secondary N) is 1. The van der Waals surface area contributed by atoms with Gasteiger partial charge in [-0.05, 0) is 43.3 Å². The third kappa shape index (κ3) is 6.34. The third-order valence-corrected chi connectivity index (χ3v) is 6.33. The summed E-state index contributed by atoms with van der Waals surface area (Å²) in [7, 11) is 4.72. The van der Waals surface area contributed by atoms with Crippen LogP contribution in [0.15, 0.2) is 78.0 Å². The quantitative estimate of drug-likeness (QED) is 0.271. The molecule has 0 fully saturated rings. The van der Waals surface area contributed by atoms with Crippen molar-refractivity contribution in [2.45, 2.75) is 18.2 Å². The van der Waals surface area contributed by atoms with Gasteiger partial charge in [0, 0.05) is 17.8 Å². The second kappa shape index (κ2) is 12.2. The van der Waals surface area contributed by atoms with Crippen LogP contribution in [0.2, 0.25) is 0 Å². The first kappa shape index (κ1) is 25.9. The van der Waals surface area contributed by atoms with Gasteiger partial charge in [0.15, 0.2) is 17.1 Å². The molecule has 0 saturated heterocycles. The molecule has 0 aliphatic carbocycles. The summed E-state index contributed by atoms with van der Waals surface area (Å²) >= 11 is 1.28. The number of hydrogen-bond acceptors (Lipinski definition) is 8. The van der Waals surface area contributed by atoms with Crippen molar-refractivity contribution in [1.29, 1.82) is 0 Å². The molecule has 9 nitrogen and oxygen atoms in total. The molecule has 1 amide bonds. The SMILES string of the molecule is COc1cccc(OC(C)c2nnc(SCC(=O)Nc3ccc(OC)cc3OC)n2-c2ccccc2)c1. The molecule has 37 heavy (non-hydrogen) atoms. The number of methoxy groups -OCH3 is 3.